The number of rotatable bonds is 6. The van der Waals surface area contributed by atoms with Crippen LogP contribution in [-0.2, 0) is 10.0 Å². The van der Waals surface area contributed by atoms with Gasteiger partial charge in [-0.05, 0) is 50.8 Å². The van der Waals surface area contributed by atoms with Crippen LogP contribution in [0.5, 0.6) is 0 Å². The van der Waals surface area contributed by atoms with Gasteiger partial charge in [0.2, 0.25) is 10.0 Å². The average molecular weight is 430 g/mol. The Hall–Kier alpha value is -1.58. The molecule has 1 unspecified atom stereocenters. The Balaban J connectivity index is 1.64. The first-order valence-electron chi connectivity index (χ1n) is 10.2. The molecular formula is C20H29F2N3O3S. The summed E-state index contributed by atoms with van der Waals surface area (Å²) >= 11 is 0. The van der Waals surface area contributed by atoms with Crippen LogP contribution in [0.4, 0.5) is 8.78 Å². The summed E-state index contributed by atoms with van der Waals surface area (Å²) in [5.74, 6) is -0.332. The highest BCUT2D eigenvalue weighted by molar-refractivity contribution is 7.89. The largest absolute Gasteiger partial charge is 0.349 e. The van der Waals surface area contributed by atoms with E-state index in [9.17, 15) is 22.0 Å². The fourth-order valence-electron chi connectivity index (χ4n) is 4.09. The molecule has 0 aliphatic carbocycles. The second-order valence-corrected chi connectivity index (χ2v) is 9.82. The van der Waals surface area contributed by atoms with Gasteiger partial charge in [-0.1, -0.05) is 12.5 Å². The third kappa shape index (κ3) is 5.52. The van der Waals surface area contributed by atoms with Gasteiger partial charge in [-0.3, -0.25) is 9.69 Å². The van der Waals surface area contributed by atoms with Crippen molar-refractivity contribution in [3.05, 3.63) is 29.8 Å². The Morgan fingerprint density at radius 2 is 1.90 bits per heavy atom. The van der Waals surface area contributed by atoms with Crippen LogP contribution in [0.3, 0.4) is 0 Å². The van der Waals surface area contributed by atoms with Crippen LogP contribution < -0.4 is 5.32 Å². The molecule has 0 aromatic heterocycles. The summed E-state index contributed by atoms with van der Waals surface area (Å²) in [6.07, 6.45) is 1.54. The molecule has 6 nitrogen and oxygen atoms in total. The number of benzene rings is 1. The van der Waals surface area contributed by atoms with Crippen LogP contribution in [0.2, 0.25) is 0 Å². The van der Waals surface area contributed by atoms with E-state index >= 15 is 0 Å². The molecule has 1 aromatic carbocycles. The van der Waals surface area contributed by atoms with Crippen LogP contribution in [0.25, 0.3) is 0 Å². The number of likely N-dealkylation sites (tertiary alicyclic amines) is 1. The molecule has 1 N–H and O–H groups in total. The summed E-state index contributed by atoms with van der Waals surface area (Å²) in [4.78, 5) is 14.5. The lowest BCUT2D eigenvalue weighted by atomic mass is 10.0. The predicted molar refractivity (Wildman–Crippen MR) is 107 cm³/mol. The minimum atomic E-state index is -3.64. The maximum Gasteiger partial charge on any atom is 0.251 e. The molecule has 1 atom stereocenters. The van der Waals surface area contributed by atoms with Gasteiger partial charge in [-0.2, -0.15) is 4.31 Å². The zero-order valence-corrected chi connectivity index (χ0v) is 17.5. The number of hydrogen-bond acceptors (Lipinski definition) is 4. The van der Waals surface area contributed by atoms with Crippen molar-refractivity contribution in [1.29, 1.82) is 0 Å². The summed E-state index contributed by atoms with van der Waals surface area (Å²) in [6, 6.07) is 5.99. The minimum absolute atomic E-state index is 0.0512. The SMILES string of the molecule is CC1CCCCN1S(=O)(=O)c1cccc(C(=O)NC2CCN(CC(F)F)CC2)c1. The summed E-state index contributed by atoms with van der Waals surface area (Å²) in [7, 11) is -3.64. The molecule has 0 spiro atoms. The molecule has 2 heterocycles. The Morgan fingerprint density at radius 3 is 2.55 bits per heavy atom. The molecule has 2 aliphatic heterocycles. The fourth-order valence-corrected chi connectivity index (χ4v) is 5.83. The molecule has 29 heavy (non-hydrogen) atoms. The molecular weight excluding hydrogens is 400 g/mol. The van der Waals surface area contributed by atoms with Gasteiger partial charge in [0.05, 0.1) is 11.4 Å². The molecule has 1 amide bonds. The number of amides is 1. The maximum absolute atomic E-state index is 13.0. The smallest absolute Gasteiger partial charge is 0.251 e. The molecule has 2 saturated heterocycles. The number of carbonyl (C=O) groups excluding carboxylic acids is 1. The molecule has 2 aliphatic rings. The van der Waals surface area contributed by atoms with E-state index in [0.717, 1.165) is 19.3 Å². The Morgan fingerprint density at radius 1 is 1.17 bits per heavy atom. The third-order valence-corrected chi connectivity index (χ3v) is 7.77. The average Bonchev–Trinajstić information content (AvgIpc) is 2.69. The van der Waals surface area contributed by atoms with Crippen molar-refractivity contribution < 1.29 is 22.0 Å². The Labute approximate surface area is 171 Å². The lowest BCUT2D eigenvalue weighted by molar-refractivity contribution is 0.0696. The van der Waals surface area contributed by atoms with Crippen molar-refractivity contribution in [2.24, 2.45) is 0 Å². The Bertz CT molecular complexity index is 811. The van der Waals surface area contributed by atoms with Gasteiger partial charge >= 0.3 is 0 Å². The standard InChI is InChI=1S/C20H29F2N3O3S/c1-15-5-2-3-10-25(15)29(27,28)18-7-4-6-16(13-18)20(26)23-17-8-11-24(12-9-17)14-19(21)22/h4,6-7,13,15,17,19H,2-3,5,8-12,14H2,1H3,(H,23,26). The van der Waals surface area contributed by atoms with Crippen molar-refractivity contribution in [1.82, 2.24) is 14.5 Å². The van der Waals surface area contributed by atoms with Gasteiger partial charge in [-0.15, -0.1) is 0 Å². The van der Waals surface area contributed by atoms with E-state index in [1.807, 2.05) is 6.92 Å². The number of nitrogens with zero attached hydrogens (tertiary/aromatic N) is 2. The highest BCUT2D eigenvalue weighted by atomic mass is 32.2. The number of halogens is 2. The number of hydrogen-bond donors (Lipinski definition) is 1. The van der Waals surface area contributed by atoms with E-state index in [-0.39, 0.29) is 29.4 Å². The van der Waals surface area contributed by atoms with Crippen LogP contribution in [-0.4, -0.2) is 68.2 Å². The molecule has 0 saturated carbocycles. The first-order chi connectivity index (χ1) is 13.8. The highest BCUT2D eigenvalue weighted by Crippen LogP contribution is 2.25. The summed E-state index contributed by atoms with van der Waals surface area (Å²) in [5.41, 5.74) is 0.297. The molecule has 0 bridgehead atoms. The normalized spacial score (nSPS) is 22.7. The molecule has 3 rings (SSSR count). The van der Waals surface area contributed by atoms with Gasteiger partial charge in [0, 0.05) is 37.3 Å². The van der Waals surface area contributed by atoms with E-state index < -0.39 is 16.4 Å². The summed E-state index contributed by atoms with van der Waals surface area (Å²) in [6.45, 7) is 3.19. The van der Waals surface area contributed by atoms with Gasteiger partial charge in [-0.25, -0.2) is 17.2 Å². The van der Waals surface area contributed by atoms with Gasteiger partial charge < -0.3 is 5.32 Å². The van der Waals surface area contributed by atoms with E-state index in [1.54, 1.807) is 17.0 Å². The molecule has 0 radical (unpaired) electrons. The maximum atomic E-state index is 13.0. The number of carbonyl (C=O) groups is 1. The van der Waals surface area contributed by atoms with Crippen molar-refractivity contribution in [2.75, 3.05) is 26.2 Å². The van der Waals surface area contributed by atoms with E-state index in [0.29, 0.717) is 38.0 Å². The number of piperidine rings is 2. The van der Waals surface area contributed by atoms with Crippen molar-refractivity contribution in [2.45, 2.75) is 62.4 Å². The predicted octanol–water partition coefficient (Wildman–Crippen LogP) is 2.71. The monoisotopic (exact) mass is 429 g/mol. The fraction of sp³-hybridized carbons (Fsp3) is 0.650. The third-order valence-electron chi connectivity index (χ3n) is 5.76. The molecule has 2 fully saturated rings. The molecule has 162 valence electrons. The van der Waals surface area contributed by atoms with Crippen LogP contribution >= 0.6 is 0 Å². The van der Waals surface area contributed by atoms with Crippen LogP contribution in [0, 0.1) is 0 Å². The highest BCUT2D eigenvalue weighted by Gasteiger charge is 2.31. The summed E-state index contributed by atoms with van der Waals surface area (Å²) < 4.78 is 52.5. The number of alkyl halides is 2. The summed E-state index contributed by atoms with van der Waals surface area (Å²) in [5, 5.41) is 2.91. The topological polar surface area (TPSA) is 69.7 Å². The van der Waals surface area contributed by atoms with E-state index in [1.165, 1.54) is 16.4 Å². The number of nitrogens with one attached hydrogen (secondary N) is 1. The minimum Gasteiger partial charge on any atom is -0.349 e. The van der Waals surface area contributed by atoms with Crippen molar-refractivity contribution >= 4 is 15.9 Å². The van der Waals surface area contributed by atoms with Gasteiger partial charge in [0.1, 0.15) is 0 Å². The van der Waals surface area contributed by atoms with Gasteiger partial charge in [0.25, 0.3) is 12.3 Å². The van der Waals surface area contributed by atoms with Crippen LogP contribution in [0.15, 0.2) is 29.2 Å². The first kappa shape index (κ1) is 22.1. The van der Waals surface area contributed by atoms with Crippen LogP contribution in [0.1, 0.15) is 49.4 Å². The number of sulfonamides is 1. The molecule has 9 heteroatoms. The first-order valence-corrected chi connectivity index (χ1v) is 11.6. The van der Waals surface area contributed by atoms with E-state index in [2.05, 4.69) is 5.32 Å². The van der Waals surface area contributed by atoms with Crippen molar-refractivity contribution in [3.63, 3.8) is 0 Å². The molecule has 1 aromatic rings. The zero-order valence-electron chi connectivity index (χ0n) is 16.7. The van der Waals surface area contributed by atoms with Crippen molar-refractivity contribution in [3.8, 4) is 0 Å². The second-order valence-electron chi connectivity index (χ2n) is 7.93. The second kappa shape index (κ2) is 9.49. The van der Waals surface area contributed by atoms with E-state index in [4.69, 9.17) is 0 Å². The lowest BCUT2D eigenvalue weighted by Crippen LogP contribution is -2.45. The Kier molecular flexibility index (Phi) is 7.23. The lowest BCUT2D eigenvalue weighted by Gasteiger charge is -2.32. The zero-order chi connectivity index (χ0) is 21.0. The van der Waals surface area contributed by atoms with Gasteiger partial charge in [0.15, 0.2) is 0 Å². The quantitative estimate of drug-likeness (QED) is 0.755.